The van der Waals surface area contributed by atoms with Gasteiger partial charge in [0.05, 0.1) is 43.8 Å². The van der Waals surface area contributed by atoms with Gasteiger partial charge in [0.2, 0.25) is 0 Å². The average Bonchev–Trinajstić information content (AvgIpc) is 2.96. The first-order valence-corrected chi connectivity index (χ1v) is 11.0. The van der Waals surface area contributed by atoms with Crippen LogP contribution in [-0.4, -0.2) is 47.5 Å². The van der Waals surface area contributed by atoms with Gasteiger partial charge in [0.25, 0.3) is 0 Å². The van der Waals surface area contributed by atoms with Crippen molar-refractivity contribution in [3.8, 4) is 0 Å². The Labute approximate surface area is 157 Å². The summed E-state index contributed by atoms with van der Waals surface area (Å²) in [5.74, 6) is 2.23. The van der Waals surface area contributed by atoms with E-state index in [1.165, 1.54) is 15.8 Å². The van der Waals surface area contributed by atoms with Gasteiger partial charge in [-0.15, -0.1) is 11.3 Å². The van der Waals surface area contributed by atoms with E-state index >= 15 is 0 Å². The van der Waals surface area contributed by atoms with Gasteiger partial charge < -0.3 is 15.0 Å². The van der Waals surface area contributed by atoms with Crippen LogP contribution >= 0.6 is 23.1 Å². The summed E-state index contributed by atoms with van der Waals surface area (Å²) >= 11 is 3.58. The molecular weight excluding hydrogens is 352 g/mol. The molecule has 4 rings (SSSR count). The Bertz CT molecular complexity index is 768. The Hall–Kier alpha value is -0.890. The fourth-order valence-corrected chi connectivity index (χ4v) is 5.40. The molecule has 0 aromatic carbocycles. The zero-order valence-corrected chi connectivity index (χ0v) is 16.9. The summed E-state index contributed by atoms with van der Waals surface area (Å²) in [6, 6.07) is 0. The standard InChI is InChI=1S/C18H26N4OS2/c1-4-9-24-17-20-15(22-7-5-19-6-8-22)14-12-10-18(2,3)23-11-13(12)25-16(14)21-17/h19H,4-11H2,1-3H3/p+1. The summed E-state index contributed by atoms with van der Waals surface area (Å²) in [5, 5.41) is 4.61. The van der Waals surface area contributed by atoms with Crippen LogP contribution in [0.3, 0.4) is 0 Å². The number of nitrogens with zero attached hydrogens (tertiary/aromatic N) is 3. The zero-order valence-electron chi connectivity index (χ0n) is 15.3. The van der Waals surface area contributed by atoms with Crippen LogP contribution in [0.15, 0.2) is 5.16 Å². The fraction of sp³-hybridized carbons (Fsp3) is 0.667. The number of thioether (sulfide) groups is 1. The van der Waals surface area contributed by atoms with E-state index in [1.807, 2.05) is 0 Å². The summed E-state index contributed by atoms with van der Waals surface area (Å²) in [6.45, 7) is 11.7. The molecule has 0 amide bonds. The highest BCUT2D eigenvalue weighted by Gasteiger charge is 2.32. The van der Waals surface area contributed by atoms with Crippen molar-refractivity contribution in [2.45, 2.75) is 51.0 Å². The van der Waals surface area contributed by atoms with Gasteiger partial charge in [-0.2, -0.15) is 0 Å². The summed E-state index contributed by atoms with van der Waals surface area (Å²) in [4.78, 5) is 14.9. The quantitative estimate of drug-likeness (QED) is 0.653. The molecule has 25 heavy (non-hydrogen) atoms. The summed E-state index contributed by atoms with van der Waals surface area (Å²) < 4.78 is 6.04. The average molecular weight is 380 g/mol. The van der Waals surface area contributed by atoms with Gasteiger partial charge in [0, 0.05) is 17.1 Å². The van der Waals surface area contributed by atoms with E-state index in [0.29, 0.717) is 6.61 Å². The van der Waals surface area contributed by atoms with Gasteiger partial charge in [-0.3, -0.25) is 0 Å². The van der Waals surface area contributed by atoms with E-state index in [4.69, 9.17) is 14.7 Å². The molecule has 2 aliphatic heterocycles. The normalized spacial score (nSPS) is 20.0. The monoisotopic (exact) mass is 379 g/mol. The number of piperazine rings is 1. The lowest BCUT2D eigenvalue weighted by molar-refractivity contribution is -0.655. The highest BCUT2D eigenvalue weighted by Crippen LogP contribution is 2.42. The second-order valence-corrected chi connectivity index (χ2v) is 9.59. The van der Waals surface area contributed by atoms with Gasteiger partial charge in [0.1, 0.15) is 10.6 Å². The van der Waals surface area contributed by atoms with Crippen molar-refractivity contribution in [2.24, 2.45) is 0 Å². The van der Waals surface area contributed by atoms with Crippen molar-refractivity contribution >= 4 is 39.1 Å². The van der Waals surface area contributed by atoms with Crippen molar-refractivity contribution in [2.75, 3.05) is 36.8 Å². The Morgan fingerprint density at radius 2 is 2.08 bits per heavy atom. The van der Waals surface area contributed by atoms with E-state index in [2.05, 4.69) is 31.0 Å². The Balaban J connectivity index is 1.84. The van der Waals surface area contributed by atoms with E-state index in [0.717, 1.165) is 60.6 Å². The molecule has 0 spiro atoms. The van der Waals surface area contributed by atoms with Crippen molar-refractivity contribution in [3.63, 3.8) is 0 Å². The second-order valence-electron chi connectivity index (χ2n) is 7.44. The van der Waals surface area contributed by atoms with Gasteiger partial charge >= 0.3 is 0 Å². The number of hydrogen-bond acceptors (Lipinski definition) is 6. The van der Waals surface area contributed by atoms with Crippen LogP contribution in [0.1, 0.15) is 37.6 Å². The molecule has 7 heteroatoms. The second kappa shape index (κ2) is 7.02. The van der Waals surface area contributed by atoms with Crippen LogP contribution in [0.5, 0.6) is 0 Å². The first kappa shape index (κ1) is 17.5. The molecule has 0 aliphatic carbocycles. The van der Waals surface area contributed by atoms with Crippen LogP contribution < -0.4 is 10.2 Å². The van der Waals surface area contributed by atoms with Crippen molar-refractivity contribution in [1.82, 2.24) is 9.97 Å². The van der Waals surface area contributed by atoms with Crippen LogP contribution in [0.4, 0.5) is 5.82 Å². The SMILES string of the molecule is CCCSc1nc(N2CC[NH2+]CC2)c2c3c(sc2n1)COC(C)(C)C3. The third kappa shape index (κ3) is 3.52. The molecule has 2 aromatic rings. The molecule has 0 atom stereocenters. The lowest BCUT2D eigenvalue weighted by Gasteiger charge is -2.31. The molecule has 0 unspecified atom stereocenters. The minimum Gasteiger partial charge on any atom is -0.370 e. The number of hydrogen-bond donors (Lipinski definition) is 1. The predicted octanol–water partition coefficient (Wildman–Crippen LogP) is 2.43. The number of ether oxygens (including phenoxy) is 1. The number of quaternary nitrogens is 1. The predicted molar refractivity (Wildman–Crippen MR) is 105 cm³/mol. The highest BCUT2D eigenvalue weighted by atomic mass is 32.2. The lowest BCUT2D eigenvalue weighted by atomic mass is 9.94. The van der Waals surface area contributed by atoms with Crippen LogP contribution in [0.2, 0.25) is 0 Å². The zero-order chi connectivity index (χ0) is 17.4. The van der Waals surface area contributed by atoms with E-state index in [1.54, 1.807) is 23.1 Å². The summed E-state index contributed by atoms with van der Waals surface area (Å²) in [7, 11) is 0. The largest absolute Gasteiger partial charge is 0.370 e. The van der Waals surface area contributed by atoms with Crippen LogP contribution in [0, 0.1) is 0 Å². The first-order chi connectivity index (χ1) is 12.1. The number of thiophene rings is 1. The lowest BCUT2D eigenvalue weighted by Crippen LogP contribution is -2.89. The van der Waals surface area contributed by atoms with Gasteiger partial charge in [-0.25, -0.2) is 9.97 Å². The maximum Gasteiger partial charge on any atom is 0.190 e. The Morgan fingerprint density at radius 3 is 2.84 bits per heavy atom. The van der Waals surface area contributed by atoms with E-state index in [-0.39, 0.29) is 5.60 Å². The summed E-state index contributed by atoms with van der Waals surface area (Å²) in [5.41, 5.74) is 1.32. The minimum atomic E-state index is -0.108. The summed E-state index contributed by atoms with van der Waals surface area (Å²) in [6.07, 6.45) is 2.09. The molecule has 2 N–H and O–H groups in total. The van der Waals surface area contributed by atoms with E-state index in [9.17, 15) is 0 Å². The topological polar surface area (TPSA) is 54.9 Å². The number of fused-ring (bicyclic) bond motifs is 3. The van der Waals surface area contributed by atoms with Crippen molar-refractivity contribution < 1.29 is 10.1 Å². The molecule has 0 bridgehead atoms. The molecule has 2 aliphatic rings. The third-order valence-corrected chi connectivity index (χ3v) is 6.98. The first-order valence-electron chi connectivity index (χ1n) is 9.23. The molecule has 136 valence electrons. The highest BCUT2D eigenvalue weighted by molar-refractivity contribution is 7.99. The third-order valence-electron chi connectivity index (χ3n) is 4.83. The molecule has 2 aromatic heterocycles. The van der Waals surface area contributed by atoms with Crippen molar-refractivity contribution in [1.29, 1.82) is 0 Å². The van der Waals surface area contributed by atoms with E-state index < -0.39 is 0 Å². The molecule has 0 radical (unpaired) electrons. The minimum absolute atomic E-state index is 0.108. The maximum atomic E-state index is 6.04. The number of aromatic nitrogens is 2. The number of nitrogens with two attached hydrogens (primary N) is 1. The molecule has 0 saturated carbocycles. The molecule has 5 nitrogen and oxygen atoms in total. The molecule has 4 heterocycles. The Kier molecular flexibility index (Phi) is 4.92. The Morgan fingerprint density at radius 1 is 1.28 bits per heavy atom. The van der Waals surface area contributed by atoms with Crippen molar-refractivity contribution in [3.05, 3.63) is 10.4 Å². The molecule has 1 fully saturated rings. The van der Waals surface area contributed by atoms with Crippen LogP contribution in [-0.2, 0) is 17.8 Å². The van der Waals surface area contributed by atoms with Crippen LogP contribution in [0.25, 0.3) is 10.2 Å². The fourth-order valence-electron chi connectivity index (χ4n) is 3.56. The van der Waals surface area contributed by atoms with Gasteiger partial charge in [-0.1, -0.05) is 18.7 Å². The van der Waals surface area contributed by atoms with Gasteiger partial charge in [0.15, 0.2) is 5.16 Å². The number of anilines is 1. The maximum absolute atomic E-state index is 6.04. The molecular formula is C18H27N4OS2+. The molecule has 1 saturated heterocycles. The van der Waals surface area contributed by atoms with Gasteiger partial charge in [-0.05, 0) is 25.8 Å². The smallest absolute Gasteiger partial charge is 0.190 e. The number of rotatable bonds is 4.